The maximum absolute atomic E-state index is 12.6. The average Bonchev–Trinajstić information content (AvgIpc) is 3.08. The number of aromatic carboxylic acids is 1. The summed E-state index contributed by atoms with van der Waals surface area (Å²) in [6, 6.07) is 16.0. The minimum absolute atomic E-state index is 0.114. The van der Waals surface area contributed by atoms with E-state index in [2.05, 4.69) is 0 Å². The lowest BCUT2D eigenvalue weighted by Gasteiger charge is -2.22. The van der Waals surface area contributed by atoms with E-state index in [9.17, 15) is 14.7 Å². The van der Waals surface area contributed by atoms with Crippen molar-refractivity contribution in [2.75, 3.05) is 4.90 Å². The van der Waals surface area contributed by atoms with Gasteiger partial charge in [0.05, 0.1) is 0 Å². The monoisotopic (exact) mass is 385 g/mol. The average molecular weight is 386 g/mol. The number of carboxylic acid groups (broad SMARTS) is 1. The number of carboxylic acids is 1. The molecule has 3 aromatic rings. The molecule has 1 heterocycles. The number of thiophene rings is 1. The maximum Gasteiger partial charge on any atom is 0.339 e. The van der Waals surface area contributed by atoms with Crippen LogP contribution in [-0.4, -0.2) is 17.0 Å². The van der Waals surface area contributed by atoms with Crippen molar-refractivity contribution in [1.82, 2.24) is 0 Å². The van der Waals surface area contributed by atoms with Gasteiger partial charge < -0.3 is 5.11 Å². The smallest absolute Gasteiger partial charge is 0.339 e. The fraction of sp³-hybridized carbons (Fsp3) is 0.100. The van der Waals surface area contributed by atoms with Crippen LogP contribution < -0.4 is 4.90 Å². The molecule has 1 aromatic heterocycles. The highest BCUT2D eigenvalue weighted by molar-refractivity contribution is 7.15. The van der Waals surface area contributed by atoms with Gasteiger partial charge in [-0.3, -0.25) is 9.69 Å². The second-order valence-electron chi connectivity index (χ2n) is 5.56. The first-order valence-corrected chi connectivity index (χ1v) is 9.27. The number of nitrogens with zero attached hydrogens (tertiary/aromatic N) is 1. The zero-order valence-electron chi connectivity index (χ0n) is 14.0. The Labute approximate surface area is 160 Å². The van der Waals surface area contributed by atoms with Crippen LogP contribution >= 0.6 is 22.9 Å². The quantitative estimate of drug-likeness (QED) is 0.600. The van der Waals surface area contributed by atoms with E-state index in [0.717, 1.165) is 5.56 Å². The molecule has 0 saturated heterocycles. The Balaban J connectivity index is 2.18. The van der Waals surface area contributed by atoms with Crippen LogP contribution in [0, 0.1) is 0 Å². The number of carbonyl (C=O) groups excluding carboxylic acids is 1. The van der Waals surface area contributed by atoms with Crippen molar-refractivity contribution in [3.05, 3.63) is 70.6 Å². The third-order valence-electron chi connectivity index (χ3n) is 3.91. The summed E-state index contributed by atoms with van der Waals surface area (Å²) in [7, 11) is 0. The molecule has 0 bridgehead atoms. The molecule has 132 valence electrons. The minimum atomic E-state index is -1.07. The second kappa shape index (κ2) is 7.72. The number of halogens is 1. The Kier molecular flexibility index (Phi) is 5.40. The Hall–Kier alpha value is -2.63. The topological polar surface area (TPSA) is 57.6 Å². The summed E-state index contributed by atoms with van der Waals surface area (Å²) in [5.41, 5.74) is 2.07. The molecule has 0 aliphatic heterocycles. The van der Waals surface area contributed by atoms with Gasteiger partial charge in [0.2, 0.25) is 5.91 Å². The van der Waals surface area contributed by atoms with Crippen molar-refractivity contribution in [3.8, 4) is 11.1 Å². The maximum atomic E-state index is 12.6. The lowest BCUT2D eigenvalue weighted by atomic mass is 10.0. The van der Waals surface area contributed by atoms with Crippen LogP contribution in [0.25, 0.3) is 11.1 Å². The zero-order chi connectivity index (χ0) is 18.7. The largest absolute Gasteiger partial charge is 0.478 e. The fourth-order valence-corrected chi connectivity index (χ4v) is 3.91. The summed E-state index contributed by atoms with van der Waals surface area (Å²) >= 11 is 7.17. The molecule has 26 heavy (non-hydrogen) atoms. The highest BCUT2D eigenvalue weighted by Crippen LogP contribution is 2.41. The van der Waals surface area contributed by atoms with Gasteiger partial charge in [0, 0.05) is 28.1 Å². The van der Waals surface area contributed by atoms with E-state index >= 15 is 0 Å². The second-order valence-corrected chi connectivity index (χ2v) is 6.85. The summed E-state index contributed by atoms with van der Waals surface area (Å²) in [5, 5.41) is 12.6. The van der Waals surface area contributed by atoms with Crippen molar-refractivity contribution >= 4 is 45.5 Å². The molecule has 0 aliphatic rings. The number of hydrogen-bond donors (Lipinski definition) is 1. The first-order chi connectivity index (χ1) is 12.5. The minimum Gasteiger partial charge on any atom is -0.478 e. The molecule has 0 fully saturated rings. The summed E-state index contributed by atoms with van der Waals surface area (Å²) in [5.74, 6) is -1.24. The Morgan fingerprint density at radius 1 is 1.08 bits per heavy atom. The lowest BCUT2D eigenvalue weighted by molar-refractivity contribution is -0.117. The summed E-state index contributed by atoms with van der Waals surface area (Å²) < 4.78 is 0. The van der Waals surface area contributed by atoms with Crippen molar-refractivity contribution in [2.45, 2.75) is 13.3 Å². The van der Waals surface area contributed by atoms with Gasteiger partial charge in [0.1, 0.15) is 10.6 Å². The first-order valence-electron chi connectivity index (χ1n) is 8.01. The van der Waals surface area contributed by atoms with Gasteiger partial charge >= 0.3 is 5.97 Å². The number of para-hydroxylation sites is 1. The van der Waals surface area contributed by atoms with Gasteiger partial charge in [-0.2, -0.15) is 0 Å². The van der Waals surface area contributed by atoms with Crippen molar-refractivity contribution in [1.29, 1.82) is 0 Å². The third kappa shape index (κ3) is 3.49. The van der Waals surface area contributed by atoms with Crippen LogP contribution in [0.2, 0.25) is 5.02 Å². The molecule has 1 N–H and O–H groups in total. The van der Waals surface area contributed by atoms with E-state index in [0.29, 0.717) is 21.3 Å². The van der Waals surface area contributed by atoms with Crippen molar-refractivity contribution in [2.24, 2.45) is 0 Å². The number of hydrogen-bond acceptors (Lipinski definition) is 3. The predicted molar refractivity (Wildman–Crippen MR) is 106 cm³/mol. The summed E-state index contributed by atoms with van der Waals surface area (Å²) in [6.45, 7) is 1.76. The number of rotatable bonds is 5. The number of anilines is 2. The van der Waals surface area contributed by atoms with Crippen molar-refractivity contribution in [3.63, 3.8) is 0 Å². The Morgan fingerprint density at radius 3 is 2.31 bits per heavy atom. The summed E-state index contributed by atoms with van der Waals surface area (Å²) in [6.07, 6.45) is 0.266. The molecule has 0 spiro atoms. The molecule has 0 radical (unpaired) electrons. The van der Waals surface area contributed by atoms with Gasteiger partial charge in [0.15, 0.2) is 0 Å². The van der Waals surface area contributed by atoms with Crippen LogP contribution in [-0.2, 0) is 4.79 Å². The Morgan fingerprint density at radius 2 is 1.73 bits per heavy atom. The number of benzene rings is 2. The first kappa shape index (κ1) is 18.2. The van der Waals surface area contributed by atoms with Crippen molar-refractivity contribution < 1.29 is 14.7 Å². The Bertz CT molecular complexity index is 935. The molecule has 6 heteroatoms. The lowest BCUT2D eigenvalue weighted by Crippen LogP contribution is -2.25. The zero-order valence-corrected chi connectivity index (χ0v) is 15.6. The van der Waals surface area contributed by atoms with Crippen LogP contribution in [0.1, 0.15) is 23.7 Å². The van der Waals surface area contributed by atoms with Gasteiger partial charge in [-0.05, 0) is 29.8 Å². The number of carbonyl (C=O) groups is 2. The standard InChI is InChI=1S/C20H16ClNO3S/c1-2-17(23)22(15-6-4-3-5-7-15)19-18(20(24)25)16(12-26-19)13-8-10-14(21)11-9-13/h3-12H,2H2,1H3,(H,24,25). The number of amides is 1. The van der Waals surface area contributed by atoms with Crippen LogP contribution in [0.3, 0.4) is 0 Å². The van der Waals surface area contributed by atoms with Gasteiger partial charge in [-0.15, -0.1) is 11.3 Å². The fourth-order valence-electron chi connectivity index (χ4n) is 2.67. The molecule has 0 unspecified atom stereocenters. The van der Waals surface area contributed by atoms with Gasteiger partial charge in [-0.25, -0.2) is 4.79 Å². The predicted octanol–water partition coefficient (Wildman–Crippen LogP) is 5.84. The van der Waals surface area contributed by atoms with E-state index in [-0.39, 0.29) is 17.9 Å². The van der Waals surface area contributed by atoms with E-state index in [1.807, 2.05) is 18.2 Å². The SMILES string of the molecule is CCC(=O)N(c1ccccc1)c1scc(-c2ccc(Cl)cc2)c1C(=O)O. The van der Waals surface area contributed by atoms with E-state index in [4.69, 9.17) is 11.6 Å². The van der Waals surface area contributed by atoms with Crippen LogP contribution in [0.4, 0.5) is 10.7 Å². The molecule has 2 aromatic carbocycles. The molecule has 0 saturated carbocycles. The highest BCUT2D eigenvalue weighted by atomic mass is 35.5. The third-order valence-corrected chi connectivity index (χ3v) is 5.13. The molecule has 4 nitrogen and oxygen atoms in total. The summed E-state index contributed by atoms with van der Waals surface area (Å²) in [4.78, 5) is 26.1. The molecule has 0 atom stereocenters. The van der Waals surface area contributed by atoms with E-state index in [1.165, 1.54) is 16.2 Å². The van der Waals surface area contributed by atoms with Gasteiger partial charge in [-0.1, -0.05) is 48.9 Å². The van der Waals surface area contributed by atoms with Crippen LogP contribution in [0.5, 0.6) is 0 Å². The van der Waals surface area contributed by atoms with Gasteiger partial charge in [0.25, 0.3) is 0 Å². The van der Waals surface area contributed by atoms with Crippen LogP contribution in [0.15, 0.2) is 60.0 Å². The molecule has 0 aliphatic carbocycles. The van der Waals surface area contributed by atoms with E-state index in [1.54, 1.807) is 48.7 Å². The highest BCUT2D eigenvalue weighted by Gasteiger charge is 2.27. The normalized spacial score (nSPS) is 10.5. The molecule has 3 rings (SSSR count). The molecule has 1 amide bonds. The van der Waals surface area contributed by atoms with E-state index < -0.39 is 5.97 Å². The molecular weight excluding hydrogens is 370 g/mol. The molecular formula is C20H16ClNO3S.